The summed E-state index contributed by atoms with van der Waals surface area (Å²) in [6, 6.07) is 0. The third-order valence-corrected chi connectivity index (χ3v) is 5.24. The van der Waals surface area contributed by atoms with Gasteiger partial charge in [-0.1, -0.05) is 27.7 Å². The Morgan fingerprint density at radius 2 is 2.00 bits per heavy atom. The molecule has 1 aromatic heterocycles. The molecule has 4 nitrogen and oxygen atoms in total. The second kappa shape index (κ2) is 4.03. The number of aliphatic hydroxyl groups is 1. The van der Waals surface area contributed by atoms with Gasteiger partial charge < -0.3 is 10.4 Å². The van der Waals surface area contributed by atoms with E-state index in [2.05, 4.69) is 38.0 Å². The Balaban J connectivity index is 2.05. The second-order valence-electron chi connectivity index (χ2n) is 6.12. The molecular formula is C13H20N2O2S. The number of thiazole rings is 1. The van der Waals surface area contributed by atoms with Gasteiger partial charge in [-0.3, -0.25) is 4.79 Å². The maximum atomic E-state index is 12.2. The number of anilines is 1. The molecule has 1 aliphatic rings. The quantitative estimate of drug-likeness (QED) is 0.886. The van der Waals surface area contributed by atoms with Crippen molar-refractivity contribution < 1.29 is 9.90 Å². The maximum absolute atomic E-state index is 12.2. The van der Waals surface area contributed by atoms with E-state index < -0.39 is 6.10 Å². The lowest BCUT2D eigenvalue weighted by Gasteiger charge is -2.03. The molecule has 1 aromatic rings. The Hall–Kier alpha value is -0.940. The smallest absolute Gasteiger partial charge is 0.230 e. The topological polar surface area (TPSA) is 62.2 Å². The minimum atomic E-state index is -0.597. The Morgan fingerprint density at radius 3 is 2.39 bits per heavy atom. The van der Waals surface area contributed by atoms with Crippen LogP contribution in [0, 0.1) is 16.7 Å². The second-order valence-corrected chi connectivity index (χ2v) is 6.98. The van der Waals surface area contributed by atoms with Crippen molar-refractivity contribution in [2.24, 2.45) is 16.7 Å². The fourth-order valence-electron chi connectivity index (χ4n) is 2.56. The first-order chi connectivity index (χ1) is 8.18. The molecule has 0 bridgehead atoms. The van der Waals surface area contributed by atoms with Gasteiger partial charge in [0.25, 0.3) is 0 Å². The van der Waals surface area contributed by atoms with Crippen LogP contribution in [0.2, 0.25) is 0 Å². The van der Waals surface area contributed by atoms with Crippen molar-refractivity contribution in [2.45, 2.75) is 40.7 Å². The van der Waals surface area contributed by atoms with Crippen LogP contribution in [0.25, 0.3) is 0 Å². The average Bonchev–Trinajstić information content (AvgIpc) is 2.60. The summed E-state index contributed by atoms with van der Waals surface area (Å²) in [6.45, 7) is 10.1. The zero-order valence-corrected chi connectivity index (χ0v) is 12.3. The highest BCUT2D eigenvalue weighted by Crippen LogP contribution is 2.68. The molecule has 1 unspecified atom stereocenters. The van der Waals surface area contributed by atoms with E-state index in [0.717, 1.165) is 0 Å². The molecule has 0 aromatic carbocycles. The van der Waals surface area contributed by atoms with E-state index in [1.807, 2.05) is 0 Å². The highest BCUT2D eigenvalue weighted by Gasteiger charge is 2.68. The Morgan fingerprint density at radius 1 is 1.44 bits per heavy atom. The molecular weight excluding hydrogens is 248 g/mol. The van der Waals surface area contributed by atoms with Gasteiger partial charge >= 0.3 is 0 Å². The highest BCUT2D eigenvalue weighted by atomic mass is 32.1. The molecule has 1 saturated carbocycles. The fraction of sp³-hybridized carbons (Fsp3) is 0.692. The van der Waals surface area contributed by atoms with Crippen molar-refractivity contribution in [1.82, 2.24) is 4.98 Å². The predicted molar refractivity (Wildman–Crippen MR) is 72.4 cm³/mol. The number of nitrogens with one attached hydrogen (secondary N) is 1. The van der Waals surface area contributed by atoms with E-state index in [1.54, 1.807) is 12.3 Å². The summed E-state index contributed by atoms with van der Waals surface area (Å²) >= 11 is 1.35. The summed E-state index contributed by atoms with van der Waals surface area (Å²) in [7, 11) is 0. The van der Waals surface area contributed by atoms with Gasteiger partial charge in [-0.2, -0.15) is 0 Å². The lowest BCUT2D eigenvalue weighted by Crippen LogP contribution is -2.17. The Kier molecular flexibility index (Phi) is 3.02. The number of carbonyl (C=O) groups excluding carboxylic acids is 1. The van der Waals surface area contributed by atoms with Gasteiger partial charge in [0.2, 0.25) is 5.91 Å². The molecule has 18 heavy (non-hydrogen) atoms. The first-order valence-electron chi connectivity index (χ1n) is 6.12. The number of hydrogen-bond acceptors (Lipinski definition) is 4. The fourth-order valence-corrected chi connectivity index (χ4v) is 3.36. The molecule has 0 spiro atoms. The van der Waals surface area contributed by atoms with Gasteiger partial charge in [0, 0.05) is 11.3 Å². The molecule has 1 fully saturated rings. The number of rotatable bonds is 3. The van der Waals surface area contributed by atoms with Crippen LogP contribution in [0.15, 0.2) is 5.38 Å². The lowest BCUT2D eigenvalue weighted by atomic mass is 10.0. The molecule has 0 saturated heterocycles. The number of nitrogens with zero attached hydrogens (tertiary/aromatic N) is 1. The first kappa shape index (κ1) is 13.5. The van der Waals surface area contributed by atoms with E-state index in [9.17, 15) is 9.90 Å². The highest BCUT2D eigenvalue weighted by molar-refractivity contribution is 7.13. The van der Waals surface area contributed by atoms with E-state index >= 15 is 0 Å². The molecule has 2 rings (SSSR count). The predicted octanol–water partition coefficient (Wildman–Crippen LogP) is 2.82. The van der Waals surface area contributed by atoms with Crippen molar-refractivity contribution in [3.05, 3.63) is 11.1 Å². The Labute approximate surface area is 111 Å². The van der Waals surface area contributed by atoms with Gasteiger partial charge in [-0.25, -0.2) is 4.98 Å². The Bertz CT molecular complexity index is 463. The summed E-state index contributed by atoms with van der Waals surface area (Å²) in [5.74, 6) is 0.0420. The monoisotopic (exact) mass is 268 g/mol. The lowest BCUT2D eigenvalue weighted by molar-refractivity contribution is -0.118. The zero-order valence-electron chi connectivity index (χ0n) is 11.4. The van der Waals surface area contributed by atoms with E-state index in [1.165, 1.54) is 11.3 Å². The molecule has 1 heterocycles. The van der Waals surface area contributed by atoms with Crippen molar-refractivity contribution in [1.29, 1.82) is 0 Å². The molecule has 1 aliphatic carbocycles. The third-order valence-electron chi connectivity index (χ3n) is 4.46. The molecule has 5 heteroatoms. The van der Waals surface area contributed by atoms with Crippen molar-refractivity contribution >= 4 is 22.4 Å². The van der Waals surface area contributed by atoms with Crippen LogP contribution in [0.1, 0.15) is 46.4 Å². The summed E-state index contributed by atoms with van der Waals surface area (Å²) in [6.07, 6.45) is -0.597. The summed E-state index contributed by atoms with van der Waals surface area (Å²) < 4.78 is 0. The van der Waals surface area contributed by atoms with Crippen LogP contribution in [-0.4, -0.2) is 16.0 Å². The van der Waals surface area contributed by atoms with Crippen molar-refractivity contribution in [3.8, 4) is 0 Å². The molecule has 1 atom stereocenters. The summed E-state index contributed by atoms with van der Waals surface area (Å²) in [5, 5.41) is 14.6. The van der Waals surface area contributed by atoms with Gasteiger partial charge in [0.05, 0.1) is 11.8 Å². The molecule has 0 radical (unpaired) electrons. The minimum absolute atomic E-state index is 0.0175. The normalized spacial score (nSPS) is 22.6. The molecule has 100 valence electrons. The van der Waals surface area contributed by atoms with E-state index in [-0.39, 0.29) is 22.7 Å². The summed E-state index contributed by atoms with van der Waals surface area (Å²) in [5.41, 5.74) is 0.660. The first-order valence-corrected chi connectivity index (χ1v) is 7.00. The number of carbonyl (C=O) groups is 1. The average molecular weight is 268 g/mol. The molecule has 1 amide bonds. The molecule has 2 N–H and O–H groups in total. The van der Waals surface area contributed by atoms with Crippen molar-refractivity contribution in [2.75, 3.05) is 5.32 Å². The van der Waals surface area contributed by atoms with Crippen LogP contribution < -0.4 is 5.32 Å². The number of hydrogen-bond donors (Lipinski definition) is 2. The summed E-state index contributed by atoms with van der Waals surface area (Å²) in [4.78, 5) is 16.4. The number of aromatic nitrogens is 1. The van der Waals surface area contributed by atoms with Gasteiger partial charge in [-0.15, -0.1) is 11.3 Å². The zero-order chi connectivity index (χ0) is 13.7. The maximum Gasteiger partial charge on any atom is 0.230 e. The van der Waals surface area contributed by atoms with Crippen molar-refractivity contribution in [3.63, 3.8) is 0 Å². The largest absolute Gasteiger partial charge is 0.387 e. The van der Waals surface area contributed by atoms with Crippen LogP contribution in [0.3, 0.4) is 0 Å². The number of aliphatic hydroxyl groups excluding tert-OH is 1. The van der Waals surface area contributed by atoms with Gasteiger partial charge in [0.1, 0.15) is 0 Å². The van der Waals surface area contributed by atoms with E-state index in [4.69, 9.17) is 0 Å². The van der Waals surface area contributed by atoms with Crippen LogP contribution in [-0.2, 0) is 4.79 Å². The number of amides is 1. The van der Waals surface area contributed by atoms with E-state index in [0.29, 0.717) is 10.8 Å². The van der Waals surface area contributed by atoms with Gasteiger partial charge in [-0.05, 0) is 17.8 Å². The third kappa shape index (κ3) is 1.95. The van der Waals surface area contributed by atoms with Crippen LogP contribution in [0.4, 0.5) is 5.13 Å². The SMILES string of the molecule is CC(O)c1csc(NC(=O)C2C(C)(C)C2(C)C)n1. The molecule has 0 aliphatic heterocycles. The standard InChI is InChI=1S/C13H20N2O2S/c1-7(16)8-6-18-11(14-8)15-10(17)9-12(2,3)13(9,4)5/h6-7,9,16H,1-5H3,(H,14,15,17). The van der Waals surface area contributed by atoms with Gasteiger partial charge in [0.15, 0.2) is 5.13 Å². The van der Waals surface area contributed by atoms with Crippen LogP contribution in [0.5, 0.6) is 0 Å². The van der Waals surface area contributed by atoms with Crippen LogP contribution >= 0.6 is 11.3 Å². The minimum Gasteiger partial charge on any atom is -0.387 e.